The number of Topliss-reactive ketones (excluding diaryl/α,β-unsaturated/α-hetero) is 1. The van der Waals surface area contributed by atoms with Gasteiger partial charge in [-0.15, -0.1) is 0 Å². The Bertz CT molecular complexity index is 849. The molecule has 2 aromatic carbocycles. The summed E-state index contributed by atoms with van der Waals surface area (Å²) in [6.45, 7) is 3.10. The smallest absolute Gasteiger partial charge is 0.335 e. The lowest BCUT2D eigenvalue weighted by Crippen LogP contribution is -2.41. The van der Waals surface area contributed by atoms with E-state index in [9.17, 15) is 14.4 Å². The van der Waals surface area contributed by atoms with E-state index >= 15 is 0 Å². The third-order valence-corrected chi connectivity index (χ3v) is 5.08. The van der Waals surface area contributed by atoms with E-state index in [2.05, 4.69) is 0 Å². The largest absolute Gasteiger partial charge is 0.478 e. The number of benzene rings is 2. The second kappa shape index (κ2) is 8.16. The van der Waals surface area contributed by atoms with Gasteiger partial charge in [-0.05, 0) is 37.5 Å². The monoisotopic (exact) mass is 365 g/mol. The summed E-state index contributed by atoms with van der Waals surface area (Å²) in [5.41, 5.74) is 2.73. The first-order chi connectivity index (χ1) is 12.9. The Hall–Kier alpha value is -2.95. The minimum atomic E-state index is -1.00. The molecule has 1 saturated heterocycles. The topological polar surface area (TPSA) is 74.7 Å². The van der Waals surface area contributed by atoms with Crippen LogP contribution in [0.2, 0.25) is 0 Å². The zero-order valence-corrected chi connectivity index (χ0v) is 15.4. The maximum absolute atomic E-state index is 12.6. The number of carboxylic acid groups (broad SMARTS) is 1. The summed E-state index contributed by atoms with van der Waals surface area (Å²) in [6.07, 6.45) is 1.50. The van der Waals surface area contributed by atoms with E-state index in [1.807, 2.05) is 31.2 Å². The third kappa shape index (κ3) is 4.61. The molecule has 1 aliphatic heterocycles. The number of aryl methyl sites for hydroxylation is 1. The molecule has 0 bridgehead atoms. The molecular weight excluding hydrogens is 342 g/mol. The van der Waals surface area contributed by atoms with Crippen molar-refractivity contribution in [2.24, 2.45) is 5.92 Å². The lowest BCUT2D eigenvalue weighted by molar-refractivity contribution is -0.131. The fourth-order valence-corrected chi connectivity index (χ4v) is 3.45. The minimum Gasteiger partial charge on any atom is -0.478 e. The summed E-state index contributed by atoms with van der Waals surface area (Å²) in [5.74, 6) is -0.929. The number of hydrogen-bond acceptors (Lipinski definition) is 3. The average molecular weight is 365 g/mol. The van der Waals surface area contributed by atoms with Crippen molar-refractivity contribution in [1.29, 1.82) is 0 Å². The molecule has 0 saturated carbocycles. The van der Waals surface area contributed by atoms with Crippen molar-refractivity contribution in [3.8, 4) is 0 Å². The third-order valence-electron chi connectivity index (χ3n) is 5.08. The van der Waals surface area contributed by atoms with Crippen molar-refractivity contribution in [2.75, 3.05) is 13.1 Å². The highest BCUT2D eigenvalue weighted by molar-refractivity contribution is 5.98. The number of carboxylic acids is 1. The molecule has 0 atom stereocenters. The van der Waals surface area contributed by atoms with Gasteiger partial charge in [0.05, 0.1) is 12.0 Å². The Morgan fingerprint density at radius 1 is 1.00 bits per heavy atom. The summed E-state index contributed by atoms with van der Waals surface area (Å²) in [5, 5.41) is 9.06. The van der Waals surface area contributed by atoms with Crippen LogP contribution in [0.3, 0.4) is 0 Å². The van der Waals surface area contributed by atoms with Crippen LogP contribution in [-0.2, 0) is 11.2 Å². The Morgan fingerprint density at radius 2 is 1.67 bits per heavy atom. The molecule has 1 N–H and O–H groups in total. The van der Waals surface area contributed by atoms with Gasteiger partial charge in [0.15, 0.2) is 5.78 Å². The van der Waals surface area contributed by atoms with Gasteiger partial charge in [-0.2, -0.15) is 0 Å². The Kier molecular flexibility index (Phi) is 5.69. The maximum Gasteiger partial charge on any atom is 0.335 e. The van der Waals surface area contributed by atoms with E-state index in [-0.39, 0.29) is 29.6 Å². The highest BCUT2D eigenvalue weighted by Gasteiger charge is 2.27. The average Bonchev–Trinajstić information content (AvgIpc) is 2.68. The van der Waals surface area contributed by atoms with Gasteiger partial charge in [0.2, 0.25) is 5.91 Å². The molecule has 27 heavy (non-hydrogen) atoms. The van der Waals surface area contributed by atoms with Crippen molar-refractivity contribution in [2.45, 2.75) is 26.2 Å². The molecule has 3 rings (SSSR count). The molecule has 140 valence electrons. The van der Waals surface area contributed by atoms with Gasteiger partial charge in [0, 0.05) is 24.6 Å². The Balaban J connectivity index is 1.56. The van der Waals surface area contributed by atoms with Crippen molar-refractivity contribution in [1.82, 2.24) is 4.90 Å². The van der Waals surface area contributed by atoms with Gasteiger partial charge in [-0.25, -0.2) is 4.79 Å². The standard InChI is InChI=1S/C22H23NO4/c1-15-5-7-17(8-6-15)21(25)18-9-11-23(12-10-18)20(24)14-16-3-2-4-19(13-16)22(26)27/h2-8,13,18H,9-12,14H2,1H3,(H,26,27). The van der Waals surface area contributed by atoms with Crippen molar-refractivity contribution in [3.05, 3.63) is 70.8 Å². The lowest BCUT2D eigenvalue weighted by Gasteiger charge is -2.31. The predicted molar refractivity (Wildman–Crippen MR) is 102 cm³/mol. The van der Waals surface area contributed by atoms with Crippen LogP contribution in [0.4, 0.5) is 0 Å². The van der Waals surface area contributed by atoms with Crippen molar-refractivity contribution >= 4 is 17.7 Å². The first-order valence-electron chi connectivity index (χ1n) is 9.15. The zero-order chi connectivity index (χ0) is 19.4. The molecule has 1 aliphatic rings. The summed E-state index contributed by atoms with van der Waals surface area (Å²) in [4.78, 5) is 38.0. The molecule has 5 heteroatoms. The van der Waals surface area contributed by atoms with Crippen LogP contribution in [0.15, 0.2) is 48.5 Å². The van der Waals surface area contributed by atoms with Gasteiger partial charge in [-0.3, -0.25) is 9.59 Å². The first kappa shape index (κ1) is 18.8. The molecule has 0 aliphatic carbocycles. The number of hydrogen-bond donors (Lipinski definition) is 1. The summed E-state index contributed by atoms with van der Waals surface area (Å²) < 4.78 is 0. The van der Waals surface area contributed by atoms with Gasteiger partial charge >= 0.3 is 5.97 Å². The second-order valence-corrected chi connectivity index (χ2v) is 7.07. The van der Waals surface area contributed by atoms with E-state index < -0.39 is 5.97 Å². The quantitative estimate of drug-likeness (QED) is 0.825. The number of carbonyl (C=O) groups is 3. The molecule has 1 heterocycles. The van der Waals surface area contributed by atoms with Gasteiger partial charge in [0.1, 0.15) is 0 Å². The molecular formula is C22H23NO4. The predicted octanol–water partition coefficient (Wildman–Crippen LogP) is 3.36. The highest BCUT2D eigenvalue weighted by Crippen LogP contribution is 2.23. The SMILES string of the molecule is Cc1ccc(C(=O)C2CCN(C(=O)Cc3cccc(C(=O)O)c3)CC2)cc1. The van der Waals surface area contributed by atoms with Crippen LogP contribution in [0.25, 0.3) is 0 Å². The fourth-order valence-electron chi connectivity index (χ4n) is 3.45. The number of likely N-dealkylation sites (tertiary alicyclic amines) is 1. The molecule has 0 spiro atoms. The van der Waals surface area contributed by atoms with E-state index in [4.69, 9.17) is 5.11 Å². The first-order valence-corrected chi connectivity index (χ1v) is 9.15. The van der Waals surface area contributed by atoms with E-state index in [1.165, 1.54) is 12.1 Å². The van der Waals surface area contributed by atoms with Gasteiger partial charge in [0.25, 0.3) is 0 Å². The number of rotatable bonds is 5. The van der Waals surface area contributed by atoms with E-state index in [0.717, 1.165) is 11.1 Å². The highest BCUT2D eigenvalue weighted by atomic mass is 16.4. The number of nitrogens with zero attached hydrogens (tertiary/aromatic N) is 1. The summed E-state index contributed by atoms with van der Waals surface area (Å²) >= 11 is 0. The van der Waals surface area contributed by atoms with Gasteiger partial charge in [-0.1, -0.05) is 42.0 Å². The second-order valence-electron chi connectivity index (χ2n) is 7.07. The summed E-state index contributed by atoms with van der Waals surface area (Å²) in [7, 11) is 0. The molecule has 0 aromatic heterocycles. The zero-order valence-electron chi connectivity index (χ0n) is 15.4. The number of ketones is 1. The Morgan fingerprint density at radius 3 is 2.30 bits per heavy atom. The molecule has 0 radical (unpaired) electrons. The molecule has 1 fully saturated rings. The molecule has 0 unspecified atom stereocenters. The van der Waals surface area contributed by atoms with Crippen LogP contribution in [0, 0.1) is 12.8 Å². The van der Waals surface area contributed by atoms with Crippen LogP contribution < -0.4 is 0 Å². The fraction of sp³-hybridized carbons (Fsp3) is 0.318. The van der Waals surface area contributed by atoms with Crippen molar-refractivity contribution < 1.29 is 19.5 Å². The van der Waals surface area contributed by atoms with E-state index in [1.54, 1.807) is 17.0 Å². The lowest BCUT2D eigenvalue weighted by atomic mass is 9.88. The number of aromatic carboxylic acids is 1. The number of carbonyl (C=O) groups excluding carboxylic acids is 2. The number of amides is 1. The van der Waals surface area contributed by atoms with Crippen LogP contribution in [0.5, 0.6) is 0 Å². The molecule has 1 amide bonds. The Labute approximate surface area is 158 Å². The normalized spacial score (nSPS) is 14.8. The van der Waals surface area contributed by atoms with Crippen molar-refractivity contribution in [3.63, 3.8) is 0 Å². The molecule has 2 aromatic rings. The van der Waals surface area contributed by atoms with E-state index in [0.29, 0.717) is 31.5 Å². The number of piperidine rings is 1. The van der Waals surface area contributed by atoms with Crippen LogP contribution in [-0.4, -0.2) is 40.8 Å². The minimum absolute atomic E-state index is 0.0289. The summed E-state index contributed by atoms with van der Waals surface area (Å²) in [6, 6.07) is 14.1. The molecule has 5 nitrogen and oxygen atoms in total. The van der Waals surface area contributed by atoms with Crippen LogP contribution >= 0.6 is 0 Å². The van der Waals surface area contributed by atoms with Crippen LogP contribution in [0.1, 0.15) is 44.7 Å². The maximum atomic E-state index is 12.6. The van der Waals surface area contributed by atoms with Gasteiger partial charge < -0.3 is 10.0 Å².